The lowest BCUT2D eigenvalue weighted by atomic mass is 10.3. The van der Waals surface area contributed by atoms with E-state index in [1.54, 1.807) is 7.05 Å². The number of carbonyl (C=O) groups excluding carboxylic acids is 1. The molecule has 6 heteroatoms. The Morgan fingerprint density at radius 1 is 1.53 bits per heavy atom. The van der Waals surface area contributed by atoms with Crippen LogP contribution in [-0.2, 0) is 11.3 Å². The minimum Gasteiger partial charge on any atom is -0.359 e. The molecule has 0 fully saturated rings. The number of pyridine rings is 1. The van der Waals surface area contributed by atoms with Crippen LogP contribution in [0.25, 0.3) is 5.65 Å². The molecule has 3 N–H and O–H groups in total. The van der Waals surface area contributed by atoms with Crippen LogP contribution in [0.5, 0.6) is 0 Å². The Balaban J connectivity index is 2.26. The highest BCUT2D eigenvalue weighted by Gasteiger charge is 2.14. The lowest BCUT2D eigenvalue weighted by Gasteiger charge is -2.17. The van der Waals surface area contributed by atoms with Gasteiger partial charge in [-0.2, -0.15) is 0 Å². The summed E-state index contributed by atoms with van der Waals surface area (Å²) in [6.07, 6.45) is 2.38. The Morgan fingerprint density at radius 3 is 3.00 bits per heavy atom. The summed E-state index contributed by atoms with van der Waals surface area (Å²) in [5.41, 5.74) is 7.63. The fraction of sp³-hybridized carbons (Fsp3) is 0.385. The van der Waals surface area contributed by atoms with Crippen LogP contribution in [0.3, 0.4) is 0 Å². The molecule has 0 unspecified atom stereocenters. The molecular formula is C13H19N5O. The zero-order chi connectivity index (χ0) is 13.8. The van der Waals surface area contributed by atoms with Crippen LogP contribution in [-0.4, -0.2) is 35.9 Å². The van der Waals surface area contributed by atoms with Crippen LogP contribution in [0.4, 0.5) is 5.82 Å². The van der Waals surface area contributed by atoms with E-state index < -0.39 is 0 Å². The van der Waals surface area contributed by atoms with Gasteiger partial charge in [-0.15, -0.1) is 0 Å². The molecule has 19 heavy (non-hydrogen) atoms. The van der Waals surface area contributed by atoms with Gasteiger partial charge < -0.3 is 20.4 Å². The van der Waals surface area contributed by atoms with Gasteiger partial charge in [-0.25, -0.2) is 4.98 Å². The summed E-state index contributed by atoms with van der Waals surface area (Å²) in [5.74, 6) is 0.850. The number of nitrogens with two attached hydrogens (primary N) is 1. The summed E-state index contributed by atoms with van der Waals surface area (Å²) in [7, 11) is 3.56. The van der Waals surface area contributed by atoms with Gasteiger partial charge in [0.2, 0.25) is 5.91 Å². The van der Waals surface area contributed by atoms with Crippen LogP contribution in [0.15, 0.2) is 24.4 Å². The van der Waals surface area contributed by atoms with E-state index in [-0.39, 0.29) is 5.91 Å². The largest absolute Gasteiger partial charge is 0.359 e. The number of aromatic nitrogens is 2. The highest BCUT2D eigenvalue weighted by molar-refractivity contribution is 5.76. The number of carbonyl (C=O) groups is 1. The number of fused-ring (bicyclic) bond motifs is 1. The Morgan fingerprint density at radius 2 is 2.32 bits per heavy atom. The van der Waals surface area contributed by atoms with Crippen molar-refractivity contribution in [2.75, 3.05) is 25.5 Å². The Hall–Kier alpha value is -2.08. The minimum atomic E-state index is 0.0184. The average Bonchev–Trinajstić information content (AvgIpc) is 2.82. The summed E-state index contributed by atoms with van der Waals surface area (Å²) < 4.78 is 1.98. The van der Waals surface area contributed by atoms with Crippen LogP contribution in [0.2, 0.25) is 0 Å². The van der Waals surface area contributed by atoms with Crippen LogP contribution >= 0.6 is 0 Å². The third-order valence-corrected chi connectivity index (χ3v) is 3.12. The first-order chi connectivity index (χ1) is 9.17. The number of amides is 1. The number of hydrogen-bond acceptors (Lipinski definition) is 4. The van der Waals surface area contributed by atoms with Crippen molar-refractivity contribution in [3.05, 3.63) is 30.1 Å². The fourth-order valence-electron chi connectivity index (χ4n) is 2.03. The maximum atomic E-state index is 11.3. The SMILES string of the molecule is CNC(=O)CCN(C)c1nc2ccccn2c1CN. The Kier molecular flexibility index (Phi) is 4.01. The molecule has 0 saturated carbocycles. The van der Waals surface area contributed by atoms with Crippen molar-refractivity contribution in [3.63, 3.8) is 0 Å². The lowest BCUT2D eigenvalue weighted by Crippen LogP contribution is -2.27. The summed E-state index contributed by atoms with van der Waals surface area (Å²) in [5, 5.41) is 2.61. The molecule has 2 heterocycles. The molecule has 0 atom stereocenters. The molecule has 0 aliphatic rings. The van der Waals surface area contributed by atoms with Gasteiger partial charge in [0.15, 0.2) is 5.82 Å². The zero-order valence-electron chi connectivity index (χ0n) is 11.3. The van der Waals surface area contributed by atoms with Crippen molar-refractivity contribution in [1.29, 1.82) is 0 Å². The minimum absolute atomic E-state index is 0.0184. The first-order valence-corrected chi connectivity index (χ1v) is 6.25. The van der Waals surface area contributed by atoms with E-state index in [4.69, 9.17) is 5.73 Å². The van der Waals surface area contributed by atoms with Crippen molar-refractivity contribution in [2.45, 2.75) is 13.0 Å². The smallest absolute Gasteiger partial charge is 0.221 e. The number of imidazole rings is 1. The monoisotopic (exact) mass is 261 g/mol. The van der Waals surface area contributed by atoms with E-state index in [9.17, 15) is 4.79 Å². The van der Waals surface area contributed by atoms with Crippen LogP contribution < -0.4 is 16.0 Å². The van der Waals surface area contributed by atoms with Gasteiger partial charge in [0.1, 0.15) is 5.65 Å². The number of anilines is 1. The summed E-state index contributed by atoms with van der Waals surface area (Å²) in [4.78, 5) is 17.8. The van der Waals surface area contributed by atoms with Gasteiger partial charge in [0.05, 0.1) is 5.69 Å². The molecule has 1 amide bonds. The van der Waals surface area contributed by atoms with Gasteiger partial charge in [0, 0.05) is 39.8 Å². The van der Waals surface area contributed by atoms with Gasteiger partial charge in [-0.05, 0) is 12.1 Å². The normalized spacial score (nSPS) is 10.7. The quantitative estimate of drug-likeness (QED) is 0.815. The molecule has 0 aromatic carbocycles. The number of hydrogen-bond donors (Lipinski definition) is 2. The number of rotatable bonds is 5. The average molecular weight is 261 g/mol. The van der Waals surface area contributed by atoms with Crippen molar-refractivity contribution in [3.8, 4) is 0 Å². The molecule has 0 saturated heterocycles. The number of nitrogens with one attached hydrogen (secondary N) is 1. The molecule has 0 aliphatic heterocycles. The van der Waals surface area contributed by atoms with Crippen molar-refractivity contribution in [2.24, 2.45) is 5.73 Å². The van der Waals surface area contributed by atoms with Crippen molar-refractivity contribution >= 4 is 17.4 Å². The lowest BCUT2D eigenvalue weighted by molar-refractivity contribution is -0.120. The molecule has 0 bridgehead atoms. The van der Waals surface area contributed by atoms with E-state index in [2.05, 4.69) is 10.3 Å². The highest BCUT2D eigenvalue weighted by atomic mass is 16.1. The molecule has 0 spiro atoms. The third kappa shape index (κ3) is 2.68. The summed E-state index contributed by atoms with van der Waals surface area (Å²) in [6.45, 7) is 1.02. The van der Waals surface area contributed by atoms with Gasteiger partial charge in [0.25, 0.3) is 0 Å². The summed E-state index contributed by atoms with van der Waals surface area (Å²) in [6, 6.07) is 5.83. The van der Waals surface area contributed by atoms with E-state index >= 15 is 0 Å². The molecule has 0 radical (unpaired) electrons. The molecule has 102 valence electrons. The summed E-state index contributed by atoms with van der Waals surface area (Å²) >= 11 is 0. The molecule has 0 aliphatic carbocycles. The predicted molar refractivity (Wildman–Crippen MR) is 75.0 cm³/mol. The molecule has 2 rings (SSSR count). The Bertz CT molecular complexity index is 577. The molecule has 2 aromatic rings. The standard InChI is InChI=1S/C13H19N5O/c1-15-12(19)6-8-17(2)13-10(9-14)18-7-4-3-5-11(18)16-13/h3-5,7H,6,8-9,14H2,1-2H3,(H,15,19). The molecule has 2 aromatic heterocycles. The maximum absolute atomic E-state index is 11.3. The van der Waals surface area contributed by atoms with Crippen LogP contribution in [0, 0.1) is 0 Å². The first kappa shape index (κ1) is 13.4. The van der Waals surface area contributed by atoms with Gasteiger partial charge in [-0.1, -0.05) is 6.07 Å². The second-order valence-electron chi connectivity index (χ2n) is 4.36. The molecule has 6 nitrogen and oxygen atoms in total. The maximum Gasteiger partial charge on any atom is 0.221 e. The van der Waals surface area contributed by atoms with Crippen molar-refractivity contribution < 1.29 is 4.79 Å². The van der Waals surface area contributed by atoms with E-state index in [0.29, 0.717) is 19.5 Å². The van der Waals surface area contributed by atoms with Gasteiger partial charge >= 0.3 is 0 Å². The van der Waals surface area contributed by atoms with E-state index in [0.717, 1.165) is 17.2 Å². The zero-order valence-corrected chi connectivity index (χ0v) is 11.3. The predicted octanol–water partition coefficient (Wildman–Crippen LogP) is 0.365. The van der Waals surface area contributed by atoms with E-state index in [1.807, 2.05) is 40.7 Å². The topological polar surface area (TPSA) is 75.7 Å². The van der Waals surface area contributed by atoms with Crippen molar-refractivity contribution in [1.82, 2.24) is 14.7 Å². The molecular weight excluding hydrogens is 242 g/mol. The second kappa shape index (κ2) is 5.71. The second-order valence-corrected chi connectivity index (χ2v) is 4.36. The third-order valence-electron chi connectivity index (χ3n) is 3.12. The van der Waals surface area contributed by atoms with Gasteiger partial charge in [-0.3, -0.25) is 4.79 Å². The van der Waals surface area contributed by atoms with E-state index in [1.165, 1.54) is 0 Å². The Labute approximate surface area is 112 Å². The highest BCUT2D eigenvalue weighted by Crippen LogP contribution is 2.20. The first-order valence-electron chi connectivity index (χ1n) is 6.25. The fourth-order valence-corrected chi connectivity index (χ4v) is 2.03. The number of nitrogens with zero attached hydrogens (tertiary/aromatic N) is 3. The van der Waals surface area contributed by atoms with Crippen LogP contribution in [0.1, 0.15) is 12.1 Å².